The highest BCUT2D eigenvalue weighted by Gasteiger charge is 2.35. The van der Waals surface area contributed by atoms with E-state index in [1.807, 2.05) is 0 Å². The van der Waals surface area contributed by atoms with Gasteiger partial charge in [-0.2, -0.15) is 13.2 Å². The zero-order valence-electron chi connectivity index (χ0n) is 19.4. The molecule has 198 valence electrons. The quantitative estimate of drug-likeness (QED) is 0.428. The monoisotopic (exact) mass is 546 g/mol. The number of aromatic nitrogens is 2. The standard InChI is InChI=1S/C23H19ClF4N2O7/c1-11(21(32)33)37-18-6-12(4-5-16(18)35-3)10-36-17-8-15(14(25)7-13(17)24)30-20(31)9-19(23(26,27)28)29(2)22(30)34/h4-9,11H,10H2,1-3H3,(H,32,33). The van der Waals surface area contributed by atoms with Crippen molar-refractivity contribution in [2.24, 2.45) is 7.05 Å². The highest BCUT2D eigenvalue weighted by Crippen LogP contribution is 2.33. The smallest absolute Gasteiger partial charge is 0.431 e. The number of carboxylic acids is 1. The second kappa shape index (κ2) is 10.5. The molecule has 0 aliphatic rings. The third-order valence-electron chi connectivity index (χ3n) is 5.13. The minimum absolute atomic E-state index is 0.101. The van der Waals surface area contributed by atoms with Crippen LogP contribution in [-0.2, 0) is 24.6 Å². The van der Waals surface area contributed by atoms with Crippen LogP contribution >= 0.6 is 11.6 Å². The Morgan fingerprint density at radius 1 is 1.11 bits per heavy atom. The van der Waals surface area contributed by atoms with Crippen molar-refractivity contribution in [2.45, 2.75) is 25.8 Å². The average molecular weight is 547 g/mol. The lowest BCUT2D eigenvalue weighted by molar-refractivity contribution is -0.145. The van der Waals surface area contributed by atoms with E-state index in [0.717, 1.165) is 19.2 Å². The molecule has 0 fully saturated rings. The summed E-state index contributed by atoms with van der Waals surface area (Å²) in [6.45, 7) is 1.10. The third kappa shape index (κ3) is 5.88. The van der Waals surface area contributed by atoms with Crippen LogP contribution in [0.3, 0.4) is 0 Å². The van der Waals surface area contributed by atoms with Crippen LogP contribution in [0.4, 0.5) is 17.6 Å². The van der Waals surface area contributed by atoms with Gasteiger partial charge < -0.3 is 19.3 Å². The Morgan fingerprint density at radius 3 is 2.38 bits per heavy atom. The largest absolute Gasteiger partial charge is 0.493 e. The van der Waals surface area contributed by atoms with Gasteiger partial charge in [0.25, 0.3) is 5.56 Å². The van der Waals surface area contributed by atoms with Crippen molar-refractivity contribution in [3.05, 3.63) is 79.3 Å². The fourth-order valence-corrected chi connectivity index (χ4v) is 3.43. The van der Waals surface area contributed by atoms with Crippen LogP contribution in [0.25, 0.3) is 5.69 Å². The fraction of sp³-hybridized carbons (Fsp3) is 0.261. The van der Waals surface area contributed by atoms with Crippen LogP contribution in [0, 0.1) is 5.82 Å². The molecule has 1 heterocycles. The van der Waals surface area contributed by atoms with E-state index in [1.165, 1.54) is 26.2 Å². The molecule has 1 atom stereocenters. The highest BCUT2D eigenvalue weighted by atomic mass is 35.5. The molecule has 0 spiro atoms. The van der Waals surface area contributed by atoms with Gasteiger partial charge in [-0.25, -0.2) is 18.5 Å². The van der Waals surface area contributed by atoms with Crippen LogP contribution < -0.4 is 25.5 Å². The lowest BCUT2D eigenvalue weighted by atomic mass is 10.2. The summed E-state index contributed by atoms with van der Waals surface area (Å²) < 4.78 is 70.5. The molecular weight excluding hydrogens is 528 g/mol. The summed E-state index contributed by atoms with van der Waals surface area (Å²) in [5.74, 6) is -2.21. The summed E-state index contributed by atoms with van der Waals surface area (Å²) >= 11 is 6.04. The van der Waals surface area contributed by atoms with Crippen molar-refractivity contribution in [3.63, 3.8) is 0 Å². The van der Waals surface area contributed by atoms with Crippen LogP contribution in [0.1, 0.15) is 18.2 Å². The van der Waals surface area contributed by atoms with Gasteiger partial charge in [-0.3, -0.25) is 9.36 Å². The fourth-order valence-electron chi connectivity index (χ4n) is 3.22. The first-order valence-corrected chi connectivity index (χ1v) is 10.7. The van der Waals surface area contributed by atoms with E-state index in [4.69, 9.17) is 30.9 Å². The summed E-state index contributed by atoms with van der Waals surface area (Å²) in [5, 5.41) is 8.83. The minimum atomic E-state index is -4.98. The van der Waals surface area contributed by atoms with E-state index in [0.29, 0.717) is 5.56 Å². The van der Waals surface area contributed by atoms with E-state index >= 15 is 0 Å². The van der Waals surface area contributed by atoms with E-state index < -0.39 is 46.7 Å². The molecule has 0 bridgehead atoms. The van der Waals surface area contributed by atoms with Crippen molar-refractivity contribution in [3.8, 4) is 22.9 Å². The summed E-state index contributed by atoms with van der Waals surface area (Å²) in [4.78, 5) is 36.0. The van der Waals surface area contributed by atoms with E-state index in [9.17, 15) is 31.9 Å². The molecule has 1 aromatic heterocycles. The Hall–Kier alpha value is -4.00. The van der Waals surface area contributed by atoms with Gasteiger partial charge in [-0.1, -0.05) is 17.7 Å². The zero-order valence-corrected chi connectivity index (χ0v) is 20.2. The molecule has 3 rings (SSSR count). The molecule has 3 aromatic rings. The van der Waals surface area contributed by atoms with Crippen molar-refractivity contribution >= 4 is 17.6 Å². The summed E-state index contributed by atoms with van der Waals surface area (Å²) in [7, 11) is 2.15. The number of carboxylic acid groups (broad SMARTS) is 1. The molecule has 0 radical (unpaired) electrons. The maximum Gasteiger partial charge on any atom is 0.431 e. The van der Waals surface area contributed by atoms with Crippen molar-refractivity contribution in [1.29, 1.82) is 0 Å². The SMILES string of the molecule is COc1ccc(COc2cc(-n3c(=O)cc(C(F)(F)F)n(C)c3=O)c(F)cc2Cl)cc1OC(C)C(=O)O. The molecule has 1 unspecified atom stereocenters. The Labute approximate surface area is 211 Å². The van der Waals surface area contributed by atoms with Crippen LogP contribution in [0.5, 0.6) is 17.2 Å². The van der Waals surface area contributed by atoms with E-state index in [2.05, 4.69) is 0 Å². The van der Waals surface area contributed by atoms with Crippen LogP contribution in [-0.4, -0.2) is 33.4 Å². The number of aliphatic carboxylic acids is 1. The van der Waals surface area contributed by atoms with Gasteiger partial charge in [0.15, 0.2) is 17.6 Å². The number of benzene rings is 2. The summed E-state index contributed by atoms with van der Waals surface area (Å²) in [5.41, 5.74) is -4.58. The van der Waals surface area contributed by atoms with Crippen molar-refractivity contribution in [1.82, 2.24) is 9.13 Å². The molecule has 1 N–H and O–H groups in total. The third-order valence-corrected chi connectivity index (χ3v) is 5.42. The Balaban J connectivity index is 1.98. The normalized spacial score (nSPS) is 12.2. The number of nitrogens with zero attached hydrogens (tertiary/aromatic N) is 2. The topological polar surface area (TPSA) is 109 Å². The van der Waals surface area contributed by atoms with Gasteiger partial charge in [0.05, 0.1) is 17.8 Å². The summed E-state index contributed by atoms with van der Waals surface area (Å²) in [6, 6.07) is 6.31. The van der Waals surface area contributed by atoms with Gasteiger partial charge in [0.1, 0.15) is 23.9 Å². The van der Waals surface area contributed by atoms with E-state index in [1.54, 1.807) is 6.07 Å². The first kappa shape index (κ1) is 27.6. The van der Waals surface area contributed by atoms with Crippen molar-refractivity contribution < 1.29 is 41.7 Å². The molecule has 0 amide bonds. The zero-order chi connectivity index (χ0) is 27.7. The molecular formula is C23H19ClF4N2O7. The molecule has 0 aliphatic carbocycles. The van der Waals surface area contributed by atoms with Crippen LogP contribution in [0.15, 0.2) is 46.0 Å². The number of hydrogen-bond donors (Lipinski definition) is 1. The predicted molar refractivity (Wildman–Crippen MR) is 122 cm³/mol. The first-order chi connectivity index (χ1) is 17.2. The number of alkyl halides is 3. The van der Waals surface area contributed by atoms with Gasteiger partial charge in [-0.15, -0.1) is 0 Å². The maximum atomic E-state index is 14.7. The second-order valence-electron chi connectivity index (χ2n) is 7.65. The Bertz CT molecular complexity index is 1470. The van der Waals surface area contributed by atoms with Gasteiger partial charge in [0.2, 0.25) is 0 Å². The van der Waals surface area contributed by atoms with E-state index in [-0.39, 0.29) is 44.1 Å². The lowest BCUT2D eigenvalue weighted by Gasteiger charge is -2.16. The lowest BCUT2D eigenvalue weighted by Crippen LogP contribution is -2.41. The molecule has 2 aromatic carbocycles. The molecule has 14 heteroatoms. The molecule has 0 saturated carbocycles. The second-order valence-corrected chi connectivity index (χ2v) is 8.06. The molecule has 9 nitrogen and oxygen atoms in total. The number of carbonyl (C=O) groups is 1. The number of ether oxygens (including phenoxy) is 3. The first-order valence-electron chi connectivity index (χ1n) is 10.3. The summed E-state index contributed by atoms with van der Waals surface area (Å²) in [6.07, 6.45) is -6.17. The number of rotatable bonds is 8. The number of halogens is 5. The van der Waals surface area contributed by atoms with Gasteiger partial charge in [0, 0.05) is 19.2 Å². The van der Waals surface area contributed by atoms with Gasteiger partial charge in [-0.05, 0) is 30.7 Å². The maximum absolute atomic E-state index is 14.7. The number of methoxy groups -OCH3 is 1. The average Bonchev–Trinajstić information content (AvgIpc) is 2.81. The Kier molecular flexibility index (Phi) is 7.86. The minimum Gasteiger partial charge on any atom is -0.493 e. The predicted octanol–water partition coefficient (Wildman–Crippen LogP) is 3.79. The van der Waals surface area contributed by atoms with Crippen LogP contribution in [0.2, 0.25) is 5.02 Å². The number of hydrogen-bond acceptors (Lipinski definition) is 6. The highest BCUT2D eigenvalue weighted by molar-refractivity contribution is 6.32. The van der Waals surface area contributed by atoms with Gasteiger partial charge >= 0.3 is 17.8 Å². The molecule has 0 aliphatic heterocycles. The Morgan fingerprint density at radius 2 is 1.78 bits per heavy atom. The van der Waals surface area contributed by atoms with Crippen molar-refractivity contribution in [2.75, 3.05) is 7.11 Å². The molecule has 37 heavy (non-hydrogen) atoms. The molecule has 0 saturated heterocycles.